The largest absolute Gasteiger partial charge is 0.227 e. The van der Waals surface area contributed by atoms with Gasteiger partial charge in [-0.25, -0.2) is 14.6 Å². The molecule has 0 saturated carbocycles. The van der Waals surface area contributed by atoms with Crippen molar-refractivity contribution in [3.8, 4) is 0 Å². The Balaban J connectivity index is 1.88. The second-order valence-corrected chi connectivity index (χ2v) is 5.51. The number of thioether (sulfide) groups is 1. The molecule has 0 aliphatic heterocycles. The normalized spacial score (nSPS) is 11.1. The average molecular weight is 306 g/mol. The van der Waals surface area contributed by atoms with Gasteiger partial charge in [0.2, 0.25) is 0 Å². The Morgan fingerprint density at radius 1 is 1.25 bits per heavy atom. The molecule has 2 aromatic heterocycles. The minimum absolute atomic E-state index is 0.738. The second kappa shape index (κ2) is 5.76. The number of nitrogens with zero attached hydrogens (tertiary/aromatic N) is 5. The number of aromatic nitrogens is 5. The molecule has 0 unspecified atom stereocenters. The lowest BCUT2D eigenvalue weighted by molar-refractivity contribution is 0.641. The third-order valence-electron chi connectivity index (χ3n) is 2.89. The molecule has 1 aromatic carbocycles. The number of fused-ring (bicyclic) bond motifs is 1. The number of aryl methyl sites for hydroxylation is 1. The highest BCUT2D eigenvalue weighted by Crippen LogP contribution is 2.28. The van der Waals surface area contributed by atoms with E-state index >= 15 is 0 Å². The van der Waals surface area contributed by atoms with E-state index in [1.807, 2.05) is 31.2 Å². The first-order chi connectivity index (χ1) is 9.79. The van der Waals surface area contributed by atoms with E-state index in [9.17, 15) is 0 Å². The number of hydrogen-bond donors (Lipinski definition) is 0. The van der Waals surface area contributed by atoms with Crippen LogP contribution in [0.1, 0.15) is 12.5 Å². The van der Waals surface area contributed by atoms with Gasteiger partial charge in [-0.1, -0.05) is 46.8 Å². The summed E-state index contributed by atoms with van der Waals surface area (Å²) >= 11 is 7.75. The van der Waals surface area contributed by atoms with E-state index in [1.54, 1.807) is 22.8 Å². The molecule has 0 atom stereocenters. The van der Waals surface area contributed by atoms with Crippen LogP contribution in [0.2, 0.25) is 5.02 Å². The highest BCUT2D eigenvalue weighted by Gasteiger charge is 2.11. The summed E-state index contributed by atoms with van der Waals surface area (Å²) in [5.74, 6) is 0.741. The van der Waals surface area contributed by atoms with Crippen LogP contribution in [0.3, 0.4) is 0 Å². The molecular weight excluding hydrogens is 294 g/mol. The molecular formula is C13H12ClN5S. The van der Waals surface area contributed by atoms with Crippen molar-refractivity contribution in [2.45, 2.75) is 24.2 Å². The minimum Gasteiger partial charge on any atom is -0.227 e. The first-order valence-corrected chi connectivity index (χ1v) is 7.56. The zero-order valence-corrected chi connectivity index (χ0v) is 12.4. The summed E-state index contributed by atoms with van der Waals surface area (Å²) in [6, 6.07) is 7.80. The third kappa shape index (κ3) is 2.48. The van der Waals surface area contributed by atoms with Crippen LogP contribution in [-0.4, -0.2) is 25.0 Å². The van der Waals surface area contributed by atoms with Crippen molar-refractivity contribution in [1.82, 2.24) is 25.0 Å². The van der Waals surface area contributed by atoms with E-state index in [0.29, 0.717) is 0 Å². The van der Waals surface area contributed by atoms with Crippen molar-refractivity contribution in [2.75, 3.05) is 0 Å². The van der Waals surface area contributed by atoms with Gasteiger partial charge in [-0.2, -0.15) is 0 Å². The van der Waals surface area contributed by atoms with Crippen molar-refractivity contribution in [3.63, 3.8) is 0 Å². The molecule has 0 spiro atoms. The Morgan fingerprint density at radius 2 is 2.10 bits per heavy atom. The lowest BCUT2D eigenvalue weighted by Crippen LogP contribution is -1.97. The molecule has 7 heteroatoms. The van der Waals surface area contributed by atoms with Crippen molar-refractivity contribution in [2.24, 2.45) is 0 Å². The van der Waals surface area contributed by atoms with E-state index in [1.165, 1.54) is 0 Å². The summed E-state index contributed by atoms with van der Waals surface area (Å²) in [6.07, 6.45) is 1.55. The molecule has 102 valence electrons. The van der Waals surface area contributed by atoms with Gasteiger partial charge in [0.1, 0.15) is 11.4 Å². The molecule has 0 fully saturated rings. The predicted molar refractivity (Wildman–Crippen MR) is 79.8 cm³/mol. The highest BCUT2D eigenvalue weighted by molar-refractivity contribution is 7.98. The van der Waals surface area contributed by atoms with E-state index in [-0.39, 0.29) is 0 Å². The van der Waals surface area contributed by atoms with Crippen LogP contribution in [0.4, 0.5) is 0 Å². The van der Waals surface area contributed by atoms with Crippen LogP contribution in [0.5, 0.6) is 0 Å². The Kier molecular flexibility index (Phi) is 3.84. The fourth-order valence-electron chi connectivity index (χ4n) is 1.85. The van der Waals surface area contributed by atoms with Gasteiger partial charge < -0.3 is 0 Å². The van der Waals surface area contributed by atoms with E-state index < -0.39 is 0 Å². The molecule has 3 rings (SSSR count). The molecule has 0 saturated heterocycles. The molecule has 0 aliphatic rings. The molecule has 0 amide bonds. The topological polar surface area (TPSA) is 56.5 Å². The Bertz CT molecular complexity index is 742. The maximum atomic E-state index is 6.16. The van der Waals surface area contributed by atoms with Gasteiger partial charge in [-0.15, -0.1) is 5.10 Å². The molecule has 3 aromatic rings. The van der Waals surface area contributed by atoms with Crippen LogP contribution >= 0.6 is 23.4 Å². The summed E-state index contributed by atoms with van der Waals surface area (Å²) in [5.41, 5.74) is 2.59. The molecule has 5 nitrogen and oxygen atoms in total. The van der Waals surface area contributed by atoms with Crippen molar-refractivity contribution < 1.29 is 0 Å². The SMILES string of the molecule is CCn1nnc2c(SCc3ccccc3Cl)ncnc21. The smallest absolute Gasteiger partial charge is 0.182 e. The summed E-state index contributed by atoms with van der Waals surface area (Å²) < 4.78 is 1.76. The summed E-state index contributed by atoms with van der Waals surface area (Å²) in [4.78, 5) is 8.52. The Hall–Kier alpha value is -1.66. The monoisotopic (exact) mass is 305 g/mol. The van der Waals surface area contributed by atoms with Crippen molar-refractivity contribution in [3.05, 3.63) is 41.2 Å². The number of hydrogen-bond acceptors (Lipinski definition) is 5. The number of benzene rings is 1. The van der Waals surface area contributed by atoms with Crippen molar-refractivity contribution in [1.29, 1.82) is 0 Å². The maximum absolute atomic E-state index is 6.16. The van der Waals surface area contributed by atoms with Crippen LogP contribution in [0.15, 0.2) is 35.6 Å². The molecule has 2 heterocycles. The summed E-state index contributed by atoms with van der Waals surface area (Å²) in [5, 5.41) is 9.82. The summed E-state index contributed by atoms with van der Waals surface area (Å²) in [6.45, 7) is 2.74. The molecule has 0 N–H and O–H groups in total. The van der Waals surface area contributed by atoms with Gasteiger partial charge in [0, 0.05) is 17.3 Å². The van der Waals surface area contributed by atoms with Gasteiger partial charge in [0.05, 0.1) is 0 Å². The first-order valence-electron chi connectivity index (χ1n) is 6.20. The number of rotatable bonds is 4. The van der Waals surface area contributed by atoms with Gasteiger partial charge in [0.15, 0.2) is 11.2 Å². The fourth-order valence-corrected chi connectivity index (χ4v) is 3.07. The predicted octanol–water partition coefficient (Wildman–Crippen LogP) is 3.19. The van der Waals surface area contributed by atoms with Crippen LogP contribution < -0.4 is 0 Å². The highest BCUT2D eigenvalue weighted by atomic mass is 35.5. The van der Waals surface area contributed by atoms with E-state index in [4.69, 9.17) is 11.6 Å². The summed E-state index contributed by atoms with van der Waals surface area (Å²) in [7, 11) is 0. The Labute approximate surface area is 125 Å². The minimum atomic E-state index is 0.738. The average Bonchev–Trinajstić information content (AvgIpc) is 2.90. The van der Waals surface area contributed by atoms with Crippen molar-refractivity contribution >= 4 is 34.5 Å². The fraction of sp³-hybridized carbons (Fsp3) is 0.231. The molecule has 0 aliphatic carbocycles. The van der Waals surface area contributed by atoms with E-state index in [0.717, 1.165) is 39.1 Å². The molecule has 20 heavy (non-hydrogen) atoms. The quantitative estimate of drug-likeness (QED) is 0.547. The lowest BCUT2D eigenvalue weighted by Gasteiger charge is -2.03. The van der Waals surface area contributed by atoms with Crippen LogP contribution in [0, 0.1) is 0 Å². The molecule has 0 bridgehead atoms. The zero-order chi connectivity index (χ0) is 13.9. The third-order valence-corrected chi connectivity index (χ3v) is 4.28. The zero-order valence-electron chi connectivity index (χ0n) is 10.8. The first kappa shape index (κ1) is 13.3. The van der Waals surface area contributed by atoms with Gasteiger partial charge in [0.25, 0.3) is 0 Å². The number of halogens is 1. The second-order valence-electron chi connectivity index (χ2n) is 4.14. The van der Waals surface area contributed by atoms with Gasteiger partial charge in [-0.3, -0.25) is 0 Å². The Morgan fingerprint density at radius 3 is 2.90 bits per heavy atom. The van der Waals surface area contributed by atoms with Crippen LogP contribution in [0.25, 0.3) is 11.2 Å². The lowest BCUT2D eigenvalue weighted by atomic mass is 10.2. The molecule has 0 radical (unpaired) electrons. The standard InChI is InChI=1S/C13H12ClN5S/c1-2-19-12-11(17-18-19)13(16-8-15-12)20-7-9-5-3-4-6-10(9)14/h3-6,8H,2,7H2,1H3. The van der Waals surface area contributed by atoms with Gasteiger partial charge in [-0.05, 0) is 18.6 Å². The van der Waals surface area contributed by atoms with Crippen LogP contribution in [-0.2, 0) is 12.3 Å². The van der Waals surface area contributed by atoms with E-state index in [2.05, 4.69) is 20.3 Å². The maximum Gasteiger partial charge on any atom is 0.182 e. The van der Waals surface area contributed by atoms with Gasteiger partial charge >= 0.3 is 0 Å².